The van der Waals surface area contributed by atoms with E-state index in [-0.39, 0.29) is 5.82 Å². The monoisotopic (exact) mass is 468 g/mol. The number of para-hydroxylation sites is 2. The summed E-state index contributed by atoms with van der Waals surface area (Å²) in [6.07, 6.45) is -0.0430. The minimum atomic E-state index is -0.892. The summed E-state index contributed by atoms with van der Waals surface area (Å²) in [6.45, 7) is 8.08. The minimum Gasteiger partial charge on any atom is -0.339 e. The van der Waals surface area contributed by atoms with E-state index in [0.29, 0.717) is 24.2 Å². The number of aromatic amines is 2. The number of imidazole rings is 1. The molecular formula is C22H32N10O2. The van der Waals surface area contributed by atoms with Gasteiger partial charge in [0.05, 0.1) is 11.0 Å². The van der Waals surface area contributed by atoms with Crippen LogP contribution < -0.4 is 20.9 Å². The smallest absolute Gasteiger partial charge is 0.316 e. The third kappa shape index (κ3) is 5.81. The maximum atomic E-state index is 13.0. The van der Waals surface area contributed by atoms with Gasteiger partial charge in [-0.3, -0.25) is 9.89 Å². The number of urea groups is 1. The molecule has 1 atom stereocenters. The number of fused-ring (bicyclic) bond motifs is 1. The van der Waals surface area contributed by atoms with Gasteiger partial charge in [-0.1, -0.05) is 26.0 Å². The van der Waals surface area contributed by atoms with Gasteiger partial charge in [-0.05, 0) is 31.5 Å². The minimum absolute atomic E-state index is 0.0667. The first-order chi connectivity index (χ1) is 16.4. The van der Waals surface area contributed by atoms with E-state index < -0.39 is 18.1 Å². The largest absolute Gasteiger partial charge is 0.339 e. The van der Waals surface area contributed by atoms with Gasteiger partial charge in [-0.2, -0.15) is 4.98 Å². The second kappa shape index (κ2) is 10.5. The van der Waals surface area contributed by atoms with Crippen molar-refractivity contribution in [2.75, 3.05) is 44.7 Å². The standard InChI is InChI=1S/C22H32N10O2/c1-14(2)8-9-23-22(34)28-18(17-24-15-6-4-5-7-16(15)25-17)26-20(33)19-27-21(30-29-19)32-12-10-31(3)11-13-32/h4-7,14,18H,8-13H2,1-3H3,(H,24,25)(H,26,33)(H2,23,28,34)(H,27,29,30). The van der Waals surface area contributed by atoms with Gasteiger partial charge < -0.3 is 30.7 Å². The Balaban J connectivity index is 1.47. The quantitative estimate of drug-likeness (QED) is 0.312. The molecule has 0 saturated carbocycles. The van der Waals surface area contributed by atoms with Crippen LogP contribution in [0.5, 0.6) is 0 Å². The van der Waals surface area contributed by atoms with Crippen LogP contribution in [0, 0.1) is 5.92 Å². The Morgan fingerprint density at radius 1 is 1.09 bits per heavy atom. The average molecular weight is 469 g/mol. The lowest BCUT2D eigenvalue weighted by Gasteiger charge is -2.31. The number of hydrogen-bond donors (Lipinski definition) is 5. The third-order valence-electron chi connectivity index (χ3n) is 5.71. The Bertz CT molecular complexity index is 1080. The topological polar surface area (TPSA) is 147 Å². The van der Waals surface area contributed by atoms with Crippen LogP contribution in [0.15, 0.2) is 24.3 Å². The predicted octanol–water partition coefficient (Wildman–Crippen LogP) is 1.21. The average Bonchev–Trinajstić information content (AvgIpc) is 3.46. The molecular weight excluding hydrogens is 436 g/mol. The molecule has 1 aliphatic rings. The van der Waals surface area contributed by atoms with Crippen LogP contribution in [-0.4, -0.2) is 81.8 Å². The highest BCUT2D eigenvalue weighted by Gasteiger charge is 2.25. The SMILES string of the molecule is CC(C)CCNC(=O)NC(NC(=O)c1nc(N2CCN(C)CC2)n[nH]1)c1nc2ccccc2[nH]1. The van der Waals surface area contributed by atoms with Gasteiger partial charge in [-0.15, -0.1) is 5.10 Å². The molecule has 1 unspecified atom stereocenters. The lowest BCUT2D eigenvalue weighted by Crippen LogP contribution is -2.46. The summed E-state index contributed by atoms with van der Waals surface area (Å²) in [6, 6.07) is 7.10. The summed E-state index contributed by atoms with van der Waals surface area (Å²) in [4.78, 5) is 41.8. The molecule has 12 heteroatoms. The zero-order valence-electron chi connectivity index (χ0n) is 19.8. The maximum Gasteiger partial charge on any atom is 0.316 e. The molecule has 0 spiro atoms. The second-order valence-corrected chi connectivity index (χ2v) is 8.90. The zero-order valence-corrected chi connectivity index (χ0v) is 19.8. The van der Waals surface area contributed by atoms with E-state index >= 15 is 0 Å². The van der Waals surface area contributed by atoms with E-state index in [4.69, 9.17) is 0 Å². The molecule has 1 fully saturated rings. The fourth-order valence-electron chi connectivity index (χ4n) is 3.64. The van der Waals surface area contributed by atoms with Crippen molar-refractivity contribution in [3.63, 3.8) is 0 Å². The van der Waals surface area contributed by atoms with Crippen molar-refractivity contribution in [2.45, 2.75) is 26.4 Å². The summed E-state index contributed by atoms with van der Waals surface area (Å²) in [5.74, 6) is 0.926. The van der Waals surface area contributed by atoms with Gasteiger partial charge in [0.15, 0.2) is 12.0 Å². The third-order valence-corrected chi connectivity index (χ3v) is 5.71. The van der Waals surface area contributed by atoms with Crippen molar-refractivity contribution in [3.05, 3.63) is 35.9 Å². The summed E-state index contributed by atoms with van der Waals surface area (Å²) in [7, 11) is 2.07. The summed E-state index contributed by atoms with van der Waals surface area (Å²) >= 11 is 0. The number of likely N-dealkylation sites (N-methyl/N-ethyl adjacent to an activating group) is 1. The number of piperazine rings is 1. The summed E-state index contributed by atoms with van der Waals surface area (Å²) < 4.78 is 0. The lowest BCUT2D eigenvalue weighted by molar-refractivity contribution is 0.0919. The molecule has 1 aromatic carbocycles. The van der Waals surface area contributed by atoms with Crippen molar-refractivity contribution in [1.82, 2.24) is 46.0 Å². The van der Waals surface area contributed by atoms with Crippen LogP contribution in [0.1, 0.15) is 42.9 Å². The normalized spacial score (nSPS) is 15.5. The molecule has 0 radical (unpaired) electrons. The number of anilines is 1. The highest BCUT2D eigenvalue weighted by atomic mass is 16.2. The number of carbonyl (C=O) groups is 2. The molecule has 4 rings (SSSR count). The number of hydrogen-bond acceptors (Lipinski definition) is 7. The van der Waals surface area contributed by atoms with Crippen LogP contribution in [-0.2, 0) is 0 Å². The number of H-pyrrole nitrogens is 2. The van der Waals surface area contributed by atoms with E-state index in [2.05, 4.69) is 66.9 Å². The molecule has 182 valence electrons. The Morgan fingerprint density at radius 2 is 1.85 bits per heavy atom. The van der Waals surface area contributed by atoms with E-state index in [1.165, 1.54) is 0 Å². The van der Waals surface area contributed by atoms with Crippen molar-refractivity contribution in [2.24, 2.45) is 5.92 Å². The number of carbonyl (C=O) groups excluding carboxylic acids is 2. The molecule has 2 aromatic heterocycles. The van der Waals surface area contributed by atoms with E-state index in [1.807, 2.05) is 29.2 Å². The van der Waals surface area contributed by atoms with Crippen molar-refractivity contribution in [3.8, 4) is 0 Å². The highest BCUT2D eigenvalue weighted by molar-refractivity contribution is 5.91. The van der Waals surface area contributed by atoms with Gasteiger partial charge in [-0.25, -0.2) is 9.78 Å². The van der Waals surface area contributed by atoms with Crippen LogP contribution >= 0.6 is 0 Å². The zero-order chi connectivity index (χ0) is 24.1. The molecule has 5 N–H and O–H groups in total. The lowest BCUT2D eigenvalue weighted by atomic mass is 10.1. The van der Waals surface area contributed by atoms with E-state index in [0.717, 1.165) is 43.6 Å². The first-order valence-corrected chi connectivity index (χ1v) is 11.5. The molecule has 1 saturated heterocycles. The van der Waals surface area contributed by atoms with Crippen LogP contribution in [0.25, 0.3) is 11.0 Å². The van der Waals surface area contributed by atoms with Gasteiger partial charge in [0.1, 0.15) is 0 Å². The van der Waals surface area contributed by atoms with Crippen LogP contribution in [0.3, 0.4) is 0 Å². The summed E-state index contributed by atoms with van der Waals surface area (Å²) in [5.41, 5.74) is 1.53. The number of nitrogens with zero attached hydrogens (tertiary/aromatic N) is 5. The first kappa shape index (κ1) is 23.5. The van der Waals surface area contributed by atoms with Crippen molar-refractivity contribution < 1.29 is 9.59 Å². The second-order valence-electron chi connectivity index (χ2n) is 8.90. The van der Waals surface area contributed by atoms with Gasteiger partial charge in [0.2, 0.25) is 11.8 Å². The number of nitrogens with one attached hydrogen (secondary N) is 5. The number of amides is 3. The first-order valence-electron chi connectivity index (χ1n) is 11.5. The van der Waals surface area contributed by atoms with Crippen molar-refractivity contribution in [1.29, 1.82) is 0 Å². The van der Waals surface area contributed by atoms with Crippen LogP contribution in [0.4, 0.5) is 10.7 Å². The number of rotatable bonds is 8. The molecule has 1 aliphatic heterocycles. The highest BCUT2D eigenvalue weighted by Crippen LogP contribution is 2.16. The fraction of sp³-hybridized carbons (Fsp3) is 0.500. The van der Waals surface area contributed by atoms with E-state index in [9.17, 15) is 9.59 Å². The van der Waals surface area contributed by atoms with Gasteiger partial charge >= 0.3 is 6.03 Å². The van der Waals surface area contributed by atoms with E-state index in [1.54, 1.807) is 0 Å². The van der Waals surface area contributed by atoms with Gasteiger partial charge in [0, 0.05) is 32.7 Å². The number of aromatic nitrogens is 5. The fourth-order valence-corrected chi connectivity index (χ4v) is 3.64. The Hall–Kier alpha value is -3.67. The Labute approximate surface area is 197 Å². The Morgan fingerprint density at radius 3 is 2.59 bits per heavy atom. The molecule has 12 nitrogen and oxygen atoms in total. The molecule has 0 bridgehead atoms. The summed E-state index contributed by atoms with van der Waals surface area (Å²) in [5, 5.41) is 15.3. The molecule has 34 heavy (non-hydrogen) atoms. The molecule has 3 amide bonds. The van der Waals surface area contributed by atoms with Gasteiger partial charge in [0.25, 0.3) is 5.91 Å². The number of benzene rings is 1. The molecule has 3 heterocycles. The van der Waals surface area contributed by atoms with Crippen LogP contribution in [0.2, 0.25) is 0 Å². The maximum absolute atomic E-state index is 13.0. The molecule has 3 aromatic rings. The Kier molecular flexibility index (Phi) is 7.26. The predicted molar refractivity (Wildman–Crippen MR) is 128 cm³/mol. The molecule has 0 aliphatic carbocycles. The van der Waals surface area contributed by atoms with Crippen molar-refractivity contribution >= 4 is 28.9 Å².